The van der Waals surface area contributed by atoms with Gasteiger partial charge in [0.25, 0.3) is 5.91 Å². The second kappa shape index (κ2) is 8.50. The van der Waals surface area contributed by atoms with Crippen LogP contribution >= 0.6 is 0 Å². The van der Waals surface area contributed by atoms with Crippen LogP contribution in [0.4, 0.5) is 11.4 Å². The molecule has 1 heterocycles. The standard InChI is InChI=1S/C16H22N2O5/c1-12(23-15(19)11-21-2)16(20)17-13-3-5-14(6-4-13)18-7-9-22-10-8-18/h3-6,12H,7-11H2,1-2H3,(H,17,20)/t12-/m0/s1. The van der Waals surface area contributed by atoms with Gasteiger partial charge in [0.15, 0.2) is 6.10 Å². The number of anilines is 2. The number of benzene rings is 1. The van der Waals surface area contributed by atoms with Gasteiger partial charge in [-0.1, -0.05) is 0 Å². The first-order chi connectivity index (χ1) is 11.1. The van der Waals surface area contributed by atoms with Crippen molar-refractivity contribution < 1.29 is 23.8 Å². The van der Waals surface area contributed by atoms with E-state index in [4.69, 9.17) is 9.47 Å². The maximum Gasteiger partial charge on any atom is 0.332 e. The van der Waals surface area contributed by atoms with Crippen LogP contribution in [0.3, 0.4) is 0 Å². The van der Waals surface area contributed by atoms with E-state index < -0.39 is 12.1 Å². The fraction of sp³-hybridized carbons (Fsp3) is 0.500. The van der Waals surface area contributed by atoms with Crippen LogP contribution in [0.15, 0.2) is 24.3 Å². The summed E-state index contributed by atoms with van der Waals surface area (Å²) in [5.41, 5.74) is 1.74. The largest absolute Gasteiger partial charge is 0.451 e. The van der Waals surface area contributed by atoms with Crippen molar-refractivity contribution in [3.8, 4) is 0 Å². The molecule has 126 valence electrons. The van der Waals surface area contributed by atoms with Crippen LogP contribution in [0.1, 0.15) is 6.92 Å². The van der Waals surface area contributed by atoms with Crippen LogP contribution in [0.25, 0.3) is 0 Å². The highest BCUT2D eigenvalue weighted by Crippen LogP contribution is 2.19. The normalized spacial score (nSPS) is 15.8. The molecule has 7 heteroatoms. The molecule has 7 nitrogen and oxygen atoms in total. The molecule has 1 N–H and O–H groups in total. The third kappa shape index (κ3) is 5.22. The first-order valence-corrected chi connectivity index (χ1v) is 7.52. The summed E-state index contributed by atoms with van der Waals surface area (Å²) in [6.45, 7) is 4.51. The molecule has 0 aromatic heterocycles. The van der Waals surface area contributed by atoms with Gasteiger partial charge >= 0.3 is 5.97 Å². The van der Waals surface area contributed by atoms with Gasteiger partial charge in [-0.3, -0.25) is 4.79 Å². The van der Waals surface area contributed by atoms with E-state index in [1.807, 2.05) is 24.3 Å². The molecule has 0 saturated carbocycles. The SMILES string of the molecule is COCC(=O)O[C@@H](C)C(=O)Nc1ccc(N2CCOCC2)cc1. The Hall–Kier alpha value is -2.12. The van der Waals surface area contributed by atoms with Gasteiger partial charge in [0.2, 0.25) is 0 Å². The van der Waals surface area contributed by atoms with Crippen molar-refractivity contribution in [2.45, 2.75) is 13.0 Å². The van der Waals surface area contributed by atoms with Crippen LogP contribution in [-0.4, -0.2) is 58.0 Å². The van der Waals surface area contributed by atoms with E-state index in [1.54, 1.807) is 0 Å². The molecule has 1 fully saturated rings. The summed E-state index contributed by atoms with van der Waals surface area (Å²) < 4.78 is 14.9. The summed E-state index contributed by atoms with van der Waals surface area (Å²) >= 11 is 0. The zero-order valence-corrected chi connectivity index (χ0v) is 13.4. The van der Waals surface area contributed by atoms with Gasteiger partial charge in [0.05, 0.1) is 13.2 Å². The molecule has 0 radical (unpaired) electrons. The second-order valence-corrected chi connectivity index (χ2v) is 5.20. The number of nitrogens with zero attached hydrogens (tertiary/aromatic N) is 1. The minimum absolute atomic E-state index is 0.175. The number of amides is 1. The Morgan fingerprint density at radius 1 is 1.26 bits per heavy atom. The predicted octanol–water partition coefficient (Wildman–Crippen LogP) is 1.04. The minimum Gasteiger partial charge on any atom is -0.451 e. The van der Waals surface area contributed by atoms with Crippen LogP contribution in [0, 0.1) is 0 Å². The maximum atomic E-state index is 12.0. The van der Waals surface area contributed by atoms with Gasteiger partial charge in [0.1, 0.15) is 6.61 Å². The van der Waals surface area contributed by atoms with Crippen molar-refractivity contribution in [3.05, 3.63) is 24.3 Å². The molecule has 1 aromatic carbocycles. The molecule has 1 aliphatic heterocycles. The number of hydrogen-bond donors (Lipinski definition) is 1. The quantitative estimate of drug-likeness (QED) is 0.789. The summed E-state index contributed by atoms with van der Waals surface area (Å²) in [6.07, 6.45) is -0.878. The van der Waals surface area contributed by atoms with E-state index in [2.05, 4.69) is 15.0 Å². The first kappa shape index (κ1) is 17.2. The summed E-state index contributed by atoms with van der Waals surface area (Å²) in [5.74, 6) is -0.952. The van der Waals surface area contributed by atoms with Crippen LogP contribution in [-0.2, 0) is 23.8 Å². The second-order valence-electron chi connectivity index (χ2n) is 5.20. The van der Waals surface area contributed by atoms with Crippen LogP contribution in [0.5, 0.6) is 0 Å². The third-order valence-electron chi connectivity index (χ3n) is 3.45. The average Bonchev–Trinajstić information content (AvgIpc) is 2.56. The molecule has 1 amide bonds. The number of carbonyl (C=O) groups excluding carboxylic acids is 2. The molecular formula is C16H22N2O5. The lowest BCUT2D eigenvalue weighted by Crippen LogP contribution is -2.36. The van der Waals surface area contributed by atoms with Crippen molar-refractivity contribution in [1.29, 1.82) is 0 Å². The topological polar surface area (TPSA) is 77.1 Å². The number of methoxy groups -OCH3 is 1. The number of rotatable bonds is 6. The van der Waals surface area contributed by atoms with E-state index >= 15 is 0 Å². The van der Waals surface area contributed by atoms with Gasteiger partial charge in [0, 0.05) is 31.6 Å². The van der Waals surface area contributed by atoms with Crippen LogP contribution < -0.4 is 10.2 Å². The Balaban J connectivity index is 1.87. The Labute approximate surface area is 135 Å². The molecular weight excluding hydrogens is 300 g/mol. The number of carbonyl (C=O) groups is 2. The third-order valence-corrected chi connectivity index (χ3v) is 3.45. The van der Waals surface area contributed by atoms with Crippen molar-refractivity contribution in [2.75, 3.05) is 50.2 Å². The average molecular weight is 322 g/mol. The van der Waals surface area contributed by atoms with E-state index in [1.165, 1.54) is 14.0 Å². The zero-order valence-electron chi connectivity index (χ0n) is 13.4. The summed E-state index contributed by atoms with van der Waals surface area (Å²) in [7, 11) is 1.39. The Kier molecular flexibility index (Phi) is 6.37. The smallest absolute Gasteiger partial charge is 0.332 e. The molecule has 0 aliphatic carbocycles. The number of morpholine rings is 1. The molecule has 0 unspecified atom stereocenters. The van der Waals surface area contributed by atoms with Gasteiger partial charge in [-0.2, -0.15) is 0 Å². The van der Waals surface area contributed by atoms with Gasteiger partial charge in [-0.25, -0.2) is 4.79 Å². The Bertz CT molecular complexity index is 526. The lowest BCUT2D eigenvalue weighted by atomic mass is 10.2. The summed E-state index contributed by atoms with van der Waals surface area (Å²) in [5, 5.41) is 2.72. The van der Waals surface area contributed by atoms with Crippen molar-refractivity contribution in [2.24, 2.45) is 0 Å². The summed E-state index contributed by atoms with van der Waals surface area (Å²) in [4.78, 5) is 25.5. The predicted molar refractivity (Wildman–Crippen MR) is 85.5 cm³/mol. The molecule has 0 bridgehead atoms. The number of esters is 1. The molecule has 23 heavy (non-hydrogen) atoms. The van der Waals surface area contributed by atoms with E-state index in [0.29, 0.717) is 5.69 Å². The highest BCUT2D eigenvalue weighted by Gasteiger charge is 2.18. The van der Waals surface area contributed by atoms with E-state index in [-0.39, 0.29) is 12.5 Å². The lowest BCUT2D eigenvalue weighted by Gasteiger charge is -2.28. The molecule has 1 saturated heterocycles. The van der Waals surface area contributed by atoms with Gasteiger partial charge in [-0.05, 0) is 31.2 Å². The van der Waals surface area contributed by atoms with Gasteiger partial charge in [-0.15, -0.1) is 0 Å². The molecule has 1 atom stereocenters. The maximum absolute atomic E-state index is 12.0. The molecule has 1 aliphatic rings. The number of ether oxygens (including phenoxy) is 3. The van der Waals surface area contributed by atoms with E-state index in [9.17, 15) is 9.59 Å². The van der Waals surface area contributed by atoms with Crippen LogP contribution in [0.2, 0.25) is 0 Å². The monoisotopic (exact) mass is 322 g/mol. The zero-order chi connectivity index (χ0) is 16.7. The van der Waals surface area contributed by atoms with Crippen molar-refractivity contribution in [1.82, 2.24) is 0 Å². The first-order valence-electron chi connectivity index (χ1n) is 7.52. The van der Waals surface area contributed by atoms with Crippen molar-refractivity contribution >= 4 is 23.3 Å². The number of nitrogens with one attached hydrogen (secondary N) is 1. The Morgan fingerprint density at radius 3 is 2.52 bits per heavy atom. The number of hydrogen-bond acceptors (Lipinski definition) is 6. The summed E-state index contributed by atoms with van der Waals surface area (Å²) in [6, 6.07) is 7.55. The highest BCUT2D eigenvalue weighted by atomic mass is 16.6. The highest BCUT2D eigenvalue weighted by molar-refractivity contribution is 5.95. The lowest BCUT2D eigenvalue weighted by molar-refractivity contribution is -0.156. The molecule has 0 spiro atoms. The van der Waals surface area contributed by atoms with Gasteiger partial charge < -0.3 is 24.4 Å². The molecule has 1 aromatic rings. The fourth-order valence-corrected chi connectivity index (χ4v) is 2.22. The van der Waals surface area contributed by atoms with E-state index in [0.717, 1.165) is 32.0 Å². The van der Waals surface area contributed by atoms with Crippen molar-refractivity contribution in [3.63, 3.8) is 0 Å². The Morgan fingerprint density at radius 2 is 1.91 bits per heavy atom. The minimum atomic E-state index is -0.878. The molecule has 2 rings (SSSR count). The fourth-order valence-electron chi connectivity index (χ4n) is 2.22.